The van der Waals surface area contributed by atoms with Gasteiger partial charge >= 0.3 is 0 Å². The van der Waals surface area contributed by atoms with Crippen molar-refractivity contribution in [3.8, 4) is 0 Å². The highest BCUT2D eigenvalue weighted by atomic mass is 16.5. The van der Waals surface area contributed by atoms with E-state index < -0.39 is 0 Å². The van der Waals surface area contributed by atoms with Crippen molar-refractivity contribution < 1.29 is 4.74 Å². The minimum Gasteiger partial charge on any atom is -0.381 e. The van der Waals surface area contributed by atoms with E-state index >= 15 is 0 Å². The fraction of sp³-hybridized carbons (Fsp3) is 0.947. The molecule has 0 aromatic heterocycles. The lowest BCUT2D eigenvalue weighted by Crippen LogP contribution is -2.53. The SMILES string of the molecule is CN=C(NCCC1CCN(C)CC1)N1CCN(CC2CCOC2)CC1. The molecule has 0 aromatic rings. The van der Waals surface area contributed by atoms with Crippen LogP contribution in [0.1, 0.15) is 25.7 Å². The highest BCUT2D eigenvalue weighted by molar-refractivity contribution is 5.79. The van der Waals surface area contributed by atoms with Crippen LogP contribution in [0.25, 0.3) is 0 Å². The third kappa shape index (κ3) is 5.83. The van der Waals surface area contributed by atoms with Gasteiger partial charge in [-0.3, -0.25) is 9.89 Å². The number of ether oxygens (including phenoxy) is 1. The number of piperidine rings is 1. The molecule has 0 aliphatic carbocycles. The topological polar surface area (TPSA) is 43.3 Å². The number of guanidine groups is 1. The van der Waals surface area contributed by atoms with E-state index in [0.717, 1.165) is 63.7 Å². The van der Waals surface area contributed by atoms with Crippen LogP contribution in [0, 0.1) is 11.8 Å². The van der Waals surface area contributed by atoms with E-state index in [1.54, 1.807) is 0 Å². The Morgan fingerprint density at radius 2 is 1.80 bits per heavy atom. The van der Waals surface area contributed by atoms with Gasteiger partial charge in [-0.25, -0.2) is 0 Å². The van der Waals surface area contributed by atoms with Crippen molar-refractivity contribution in [2.75, 3.05) is 79.7 Å². The van der Waals surface area contributed by atoms with Gasteiger partial charge in [0.15, 0.2) is 5.96 Å². The van der Waals surface area contributed by atoms with Crippen molar-refractivity contribution in [1.29, 1.82) is 0 Å². The zero-order chi connectivity index (χ0) is 17.5. The Kier molecular flexibility index (Phi) is 7.37. The van der Waals surface area contributed by atoms with Crippen LogP contribution in [0.4, 0.5) is 0 Å². The number of hydrogen-bond donors (Lipinski definition) is 1. The average Bonchev–Trinajstić information content (AvgIpc) is 3.14. The molecular formula is C19H37N5O. The normalized spacial score (nSPS) is 27.8. The zero-order valence-electron chi connectivity index (χ0n) is 16.3. The molecule has 1 unspecified atom stereocenters. The monoisotopic (exact) mass is 351 g/mol. The van der Waals surface area contributed by atoms with Crippen molar-refractivity contribution in [3.05, 3.63) is 0 Å². The summed E-state index contributed by atoms with van der Waals surface area (Å²) in [5.74, 6) is 2.72. The first kappa shape index (κ1) is 18.9. The van der Waals surface area contributed by atoms with Crippen molar-refractivity contribution in [3.63, 3.8) is 0 Å². The minimum atomic E-state index is 0.749. The molecule has 3 fully saturated rings. The van der Waals surface area contributed by atoms with Crippen LogP contribution in [0.3, 0.4) is 0 Å². The molecule has 6 heteroatoms. The van der Waals surface area contributed by atoms with Gasteiger partial charge in [0.1, 0.15) is 0 Å². The van der Waals surface area contributed by atoms with Crippen molar-refractivity contribution in [1.82, 2.24) is 20.0 Å². The van der Waals surface area contributed by atoms with E-state index in [4.69, 9.17) is 4.74 Å². The summed E-state index contributed by atoms with van der Waals surface area (Å²) in [6.07, 6.45) is 5.20. The number of aliphatic imine (C=N–C) groups is 1. The molecule has 0 bridgehead atoms. The summed E-state index contributed by atoms with van der Waals surface area (Å²) in [4.78, 5) is 12.0. The molecule has 3 saturated heterocycles. The van der Waals surface area contributed by atoms with E-state index in [1.165, 1.54) is 45.3 Å². The standard InChI is InChI=1S/C19H37N5O/c1-20-19(21-7-3-17-4-8-22(2)9-5-17)24-12-10-23(11-13-24)15-18-6-14-25-16-18/h17-18H,3-16H2,1-2H3,(H,20,21). The van der Waals surface area contributed by atoms with E-state index in [1.807, 2.05) is 7.05 Å². The summed E-state index contributed by atoms with van der Waals surface area (Å²) < 4.78 is 5.51. The summed E-state index contributed by atoms with van der Waals surface area (Å²) in [6, 6.07) is 0. The molecule has 0 aromatic carbocycles. The Hall–Kier alpha value is -0.850. The molecule has 3 heterocycles. The Bertz CT molecular complexity index is 408. The summed E-state index contributed by atoms with van der Waals surface area (Å²) in [5.41, 5.74) is 0. The fourth-order valence-corrected chi connectivity index (χ4v) is 4.31. The fourth-order valence-electron chi connectivity index (χ4n) is 4.31. The lowest BCUT2D eigenvalue weighted by molar-refractivity contribution is 0.139. The predicted octanol–water partition coefficient (Wildman–Crippen LogP) is 0.948. The smallest absolute Gasteiger partial charge is 0.193 e. The summed E-state index contributed by atoms with van der Waals surface area (Å²) >= 11 is 0. The van der Waals surface area contributed by atoms with Crippen LogP contribution in [0.15, 0.2) is 4.99 Å². The van der Waals surface area contributed by atoms with Gasteiger partial charge in [0, 0.05) is 52.9 Å². The molecular weight excluding hydrogens is 314 g/mol. The number of nitrogens with zero attached hydrogens (tertiary/aromatic N) is 4. The van der Waals surface area contributed by atoms with Gasteiger partial charge in [0.2, 0.25) is 0 Å². The van der Waals surface area contributed by atoms with Gasteiger partial charge in [-0.2, -0.15) is 0 Å². The number of nitrogens with one attached hydrogen (secondary N) is 1. The molecule has 0 radical (unpaired) electrons. The van der Waals surface area contributed by atoms with Gasteiger partial charge in [-0.15, -0.1) is 0 Å². The highest BCUT2D eigenvalue weighted by Crippen LogP contribution is 2.19. The lowest BCUT2D eigenvalue weighted by Gasteiger charge is -2.37. The van der Waals surface area contributed by atoms with Crippen LogP contribution in [0.2, 0.25) is 0 Å². The maximum absolute atomic E-state index is 5.51. The van der Waals surface area contributed by atoms with Crippen LogP contribution in [-0.2, 0) is 4.74 Å². The summed E-state index contributed by atoms with van der Waals surface area (Å²) in [7, 11) is 4.15. The molecule has 1 N–H and O–H groups in total. The number of rotatable bonds is 5. The first-order chi connectivity index (χ1) is 12.2. The number of hydrogen-bond acceptors (Lipinski definition) is 4. The molecule has 144 valence electrons. The lowest BCUT2D eigenvalue weighted by atomic mass is 9.94. The van der Waals surface area contributed by atoms with E-state index in [2.05, 4.69) is 32.1 Å². The van der Waals surface area contributed by atoms with Crippen LogP contribution >= 0.6 is 0 Å². The third-order valence-corrected chi connectivity index (χ3v) is 6.10. The van der Waals surface area contributed by atoms with Gasteiger partial charge < -0.3 is 19.9 Å². The Morgan fingerprint density at radius 1 is 1.04 bits per heavy atom. The van der Waals surface area contributed by atoms with Crippen molar-refractivity contribution >= 4 is 5.96 Å². The highest BCUT2D eigenvalue weighted by Gasteiger charge is 2.24. The van der Waals surface area contributed by atoms with Crippen LogP contribution in [-0.4, -0.2) is 100 Å². The van der Waals surface area contributed by atoms with Crippen LogP contribution in [0.5, 0.6) is 0 Å². The quantitative estimate of drug-likeness (QED) is 0.590. The Morgan fingerprint density at radius 3 is 2.44 bits per heavy atom. The maximum atomic E-state index is 5.51. The molecule has 0 spiro atoms. The third-order valence-electron chi connectivity index (χ3n) is 6.10. The molecule has 6 nitrogen and oxygen atoms in total. The Balaban J connectivity index is 1.33. The number of likely N-dealkylation sites (tertiary alicyclic amines) is 1. The predicted molar refractivity (Wildman–Crippen MR) is 103 cm³/mol. The first-order valence-corrected chi connectivity index (χ1v) is 10.2. The molecule has 3 rings (SSSR count). The van der Waals surface area contributed by atoms with Crippen molar-refractivity contribution in [2.24, 2.45) is 16.8 Å². The second-order valence-electron chi connectivity index (χ2n) is 8.03. The van der Waals surface area contributed by atoms with Crippen LogP contribution < -0.4 is 5.32 Å². The minimum absolute atomic E-state index is 0.749. The summed E-state index contributed by atoms with van der Waals surface area (Å²) in [6.45, 7) is 11.2. The molecule has 3 aliphatic rings. The number of piperazine rings is 1. The Labute approximate surface area is 153 Å². The molecule has 3 aliphatic heterocycles. The van der Waals surface area contributed by atoms with Gasteiger partial charge in [0.05, 0.1) is 6.61 Å². The first-order valence-electron chi connectivity index (χ1n) is 10.2. The molecule has 0 amide bonds. The van der Waals surface area contributed by atoms with Crippen molar-refractivity contribution in [2.45, 2.75) is 25.7 Å². The van der Waals surface area contributed by atoms with E-state index in [0.29, 0.717) is 0 Å². The maximum Gasteiger partial charge on any atom is 0.193 e. The largest absolute Gasteiger partial charge is 0.381 e. The van der Waals surface area contributed by atoms with Gasteiger partial charge in [0.25, 0.3) is 0 Å². The van der Waals surface area contributed by atoms with Gasteiger partial charge in [-0.1, -0.05) is 0 Å². The van der Waals surface area contributed by atoms with E-state index in [-0.39, 0.29) is 0 Å². The second-order valence-corrected chi connectivity index (χ2v) is 8.03. The van der Waals surface area contributed by atoms with Gasteiger partial charge in [-0.05, 0) is 57.7 Å². The molecule has 25 heavy (non-hydrogen) atoms. The average molecular weight is 352 g/mol. The zero-order valence-corrected chi connectivity index (χ0v) is 16.3. The van der Waals surface area contributed by atoms with E-state index in [9.17, 15) is 0 Å². The molecule has 0 saturated carbocycles. The molecule has 1 atom stereocenters. The second kappa shape index (κ2) is 9.74. The summed E-state index contributed by atoms with van der Waals surface area (Å²) in [5, 5.41) is 3.61.